The summed E-state index contributed by atoms with van der Waals surface area (Å²) in [5.74, 6) is 0.715. The van der Waals surface area contributed by atoms with Crippen LogP contribution in [0.5, 0.6) is 11.5 Å². The molecule has 3 aromatic rings. The van der Waals surface area contributed by atoms with Gasteiger partial charge in [0.1, 0.15) is 17.1 Å². The number of aliphatic imine (C=N–C) groups is 1. The lowest BCUT2D eigenvalue weighted by Crippen LogP contribution is -2.48. The SMILES string of the molecule is COc1cccc([C@H]2OC(c3ccc(OCCCO)cc3)=N[C@@]2(CCC(=O)OC(C)(C)C)C(=O)NCc2cccc(C)c2)c1. The van der Waals surface area contributed by atoms with Crippen LogP contribution in [0.1, 0.15) is 68.4 Å². The van der Waals surface area contributed by atoms with Crippen LogP contribution in [0, 0.1) is 6.92 Å². The number of nitrogens with one attached hydrogen (secondary N) is 1. The van der Waals surface area contributed by atoms with E-state index in [0.717, 1.165) is 11.1 Å². The number of carbonyl (C=O) groups excluding carboxylic acids is 2. The van der Waals surface area contributed by atoms with Gasteiger partial charge in [-0.05, 0) is 81.6 Å². The fourth-order valence-electron chi connectivity index (χ4n) is 5.02. The predicted molar refractivity (Wildman–Crippen MR) is 168 cm³/mol. The molecule has 0 bridgehead atoms. The molecule has 3 aromatic carbocycles. The van der Waals surface area contributed by atoms with E-state index in [-0.39, 0.29) is 37.8 Å². The van der Waals surface area contributed by atoms with Gasteiger partial charge in [-0.25, -0.2) is 4.99 Å². The summed E-state index contributed by atoms with van der Waals surface area (Å²) in [6.07, 6.45) is -0.326. The molecule has 1 aliphatic rings. The Bertz CT molecular complexity index is 1460. The standard InChI is InChI=1S/C35H42N2O7/c1-24-9-6-10-25(21-24)23-36-33(40)35(18-17-30(39)44-34(2,3)4)31(27-11-7-12-29(22-27)41-5)43-32(37-35)26-13-15-28(16-14-26)42-20-8-19-38/h6-7,9-16,21-22,31,38H,8,17-20,23H2,1-5H3,(H,36,40)/t31-,35-/m1/s1. The first-order valence-electron chi connectivity index (χ1n) is 14.8. The van der Waals surface area contributed by atoms with E-state index in [0.29, 0.717) is 35.7 Å². The topological polar surface area (TPSA) is 116 Å². The van der Waals surface area contributed by atoms with E-state index in [9.17, 15) is 9.59 Å². The van der Waals surface area contributed by atoms with Gasteiger partial charge in [-0.3, -0.25) is 9.59 Å². The average molecular weight is 603 g/mol. The molecule has 0 aromatic heterocycles. The molecule has 4 rings (SSSR count). The number of amides is 1. The summed E-state index contributed by atoms with van der Waals surface area (Å²) in [6.45, 7) is 8.13. The Morgan fingerprint density at radius 3 is 2.45 bits per heavy atom. The first kappa shape index (κ1) is 32.5. The molecule has 2 N–H and O–H groups in total. The number of hydrogen-bond acceptors (Lipinski definition) is 8. The molecular weight excluding hydrogens is 560 g/mol. The number of aliphatic hydroxyl groups excluding tert-OH is 1. The minimum absolute atomic E-state index is 0.0473. The van der Waals surface area contributed by atoms with E-state index in [1.54, 1.807) is 40.0 Å². The molecule has 0 spiro atoms. The third kappa shape index (κ3) is 8.38. The van der Waals surface area contributed by atoms with Crippen molar-refractivity contribution in [3.63, 3.8) is 0 Å². The molecule has 1 amide bonds. The van der Waals surface area contributed by atoms with E-state index in [1.807, 2.05) is 67.6 Å². The van der Waals surface area contributed by atoms with E-state index < -0.39 is 23.2 Å². The molecule has 0 aliphatic carbocycles. The largest absolute Gasteiger partial charge is 0.497 e. The van der Waals surface area contributed by atoms with Gasteiger partial charge in [0.05, 0.1) is 13.7 Å². The summed E-state index contributed by atoms with van der Waals surface area (Å²) in [5, 5.41) is 12.1. The number of benzene rings is 3. The second-order valence-electron chi connectivity index (χ2n) is 11.8. The van der Waals surface area contributed by atoms with Crippen molar-refractivity contribution in [2.75, 3.05) is 20.3 Å². The maximum Gasteiger partial charge on any atom is 0.306 e. The van der Waals surface area contributed by atoms with Crippen molar-refractivity contribution < 1.29 is 33.6 Å². The molecule has 9 nitrogen and oxygen atoms in total. The number of aliphatic hydroxyl groups is 1. The Kier molecular flexibility index (Phi) is 10.7. The first-order chi connectivity index (χ1) is 21.0. The Hall–Kier alpha value is -4.37. The number of ether oxygens (including phenoxy) is 4. The van der Waals surface area contributed by atoms with Crippen molar-refractivity contribution in [1.29, 1.82) is 0 Å². The van der Waals surface area contributed by atoms with Crippen molar-refractivity contribution in [2.45, 2.75) is 70.7 Å². The number of hydrogen-bond donors (Lipinski definition) is 2. The van der Waals surface area contributed by atoms with Gasteiger partial charge in [0, 0.05) is 31.6 Å². The van der Waals surface area contributed by atoms with Crippen molar-refractivity contribution in [3.05, 3.63) is 95.1 Å². The zero-order valence-corrected chi connectivity index (χ0v) is 26.1. The Morgan fingerprint density at radius 1 is 1.02 bits per heavy atom. The summed E-state index contributed by atoms with van der Waals surface area (Å²) in [4.78, 5) is 32.2. The highest BCUT2D eigenvalue weighted by molar-refractivity contribution is 6.01. The normalized spacial score (nSPS) is 17.8. The van der Waals surface area contributed by atoms with Crippen molar-refractivity contribution >= 4 is 17.8 Å². The summed E-state index contributed by atoms with van der Waals surface area (Å²) in [7, 11) is 1.57. The highest BCUT2D eigenvalue weighted by atomic mass is 16.6. The van der Waals surface area contributed by atoms with Crippen LogP contribution in [0.2, 0.25) is 0 Å². The van der Waals surface area contributed by atoms with Crippen LogP contribution in [0.3, 0.4) is 0 Å². The van der Waals surface area contributed by atoms with Crippen LogP contribution in [0.25, 0.3) is 0 Å². The second-order valence-corrected chi connectivity index (χ2v) is 11.8. The molecule has 9 heteroatoms. The number of nitrogens with zero attached hydrogens (tertiary/aromatic N) is 1. The molecule has 0 saturated carbocycles. The summed E-state index contributed by atoms with van der Waals surface area (Å²) >= 11 is 0. The molecule has 0 saturated heterocycles. The Labute approximate surface area is 259 Å². The fourth-order valence-corrected chi connectivity index (χ4v) is 5.02. The maximum atomic E-state index is 14.3. The Balaban J connectivity index is 1.74. The average Bonchev–Trinajstić information content (AvgIpc) is 3.39. The molecule has 2 atom stereocenters. The smallest absolute Gasteiger partial charge is 0.306 e. The van der Waals surface area contributed by atoms with E-state index in [4.69, 9.17) is 29.0 Å². The van der Waals surface area contributed by atoms with Crippen LogP contribution in [-0.4, -0.2) is 54.3 Å². The van der Waals surface area contributed by atoms with Gasteiger partial charge < -0.3 is 29.4 Å². The summed E-state index contributed by atoms with van der Waals surface area (Å²) in [5.41, 5.74) is 1.20. The van der Waals surface area contributed by atoms with Gasteiger partial charge in [-0.2, -0.15) is 0 Å². The van der Waals surface area contributed by atoms with Crippen molar-refractivity contribution in [3.8, 4) is 11.5 Å². The molecule has 0 fully saturated rings. The number of carbonyl (C=O) groups is 2. The summed E-state index contributed by atoms with van der Waals surface area (Å²) < 4.78 is 23.3. The van der Waals surface area contributed by atoms with Gasteiger partial charge in [0.15, 0.2) is 11.6 Å². The van der Waals surface area contributed by atoms with Crippen molar-refractivity contribution in [1.82, 2.24) is 5.32 Å². The van der Waals surface area contributed by atoms with Gasteiger partial charge in [0.2, 0.25) is 5.90 Å². The first-order valence-corrected chi connectivity index (χ1v) is 14.8. The van der Waals surface area contributed by atoms with Crippen LogP contribution in [0.4, 0.5) is 0 Å². The maximum absolute atomic E-state index is 14.3. The van der Waals surface area contributed by atoms with Gasteiger partial charge in [-0.15, -0.1) is 0 Å². The lowest BCUT2D eigenvalue weighted by atomic mass is 9.83. The molecule has 1 heterocycles. The van der Waals surface area contributed by atoms with Crippen LogP contribution < -0.4 is 14.8 Å². The minimum atomic E-state index is -1.49. The molecule has 0 radical (unpaired) electrons. The predicted octanol–water partition coefficient (Wildman–Crippen LogP) is 5.46. The number of rotatable bonds is 13. The molecule has 0 unspecified atom stereocenters. The lowest BCUT2D eigenvalue weighted by Gasteiger charge is -2.31. The van der Waals surface area contributed by atoms with Gasteiger partial charge >= 0.3 is 5.97 Å². The second kappa shape index (κ2) is 14.4. The van der Waals surface area contributed by atoms with E-state index in [2.05, 4.69) is 5.32 Å². The number of aryl methyl sites for hydroxylation is 1. The lowest BCUT2D eigenvalue weighted by molar-refractivity contribution is -0.155. The molecular formula is C35H42N2O7. The third-order valence-corrected chi connectivity index (χ3v) is 7.09. The van der Waals surface area contributed by atoms with Gasteiger partial charge in [-0.1, -0.05) is 42.0 Å². The van der Waals surface area contributed by atoms with Crippen molar-refractivity contribution in [2.24, 2.45) is 4.99 Å². The van der Waals surface area contributed by atoms with Crippen LogP contribution in [0.15, 0.2) is 77.8 Å². The Morgan fingerprint density at radius 2 is 1.77 bits per heavy atom. The zero-order chi connectivity index (χ0) is 31.7. The highest BCUT2D eigenvalue weighted by Gasteiger charge is 2.53. The number of esters is 1. The minimum Gasteiger partial charge on any atom is -0.497 e. The molecule has 1 aliphatic heterocycles. The molecule has 234 valence electrons. The van der Waals surface area contributed by atoms with E-state index >= 15 is 0 Å². The van der Waals surface area contributed by atoms with Gasteiger partial charge in [0.25, 0.3) is 5.91 Å². The highest BCUT2D eigenvalue weighted by Crippen LogP contribution is 2.44. The quantitative estimate of drug-likeness (QED) is 0.197. The zero-order valence-electron chi connectivity index (χ0n) is 26.1. The van der Waals surface area contributed by atoms with Crippen LogP contribution in [-0.2, 0) is 25.6 Å². The molecule has 44 heavy (non-hydrogen) atoms. The monoisotopic (exact) mass is 602 g/mol. The third-order valence-electron chi connectivity index (χ3n) is 7.09. The fraction of sp³-hybridized carbons (Fsp3) is 0.400. The van der Waals surface area contributed by atoms with E-state index in [1.165, 1.54) is 0 Å². The van der Waals surface area contributed by atoms with Crippen LogP contribution >= 0.6 is 0 Å². The number of methoxy groups -OCH3 is 1. The summed E-state index contributed by atoms with van der Waals surface area (Å²) in [6, 6.07) is 22.4.